The summed E-state index contributed by atoms with van der Waals surface area (Å²) < 4.78 is 5.29. The molecular formula is C20H30N2O3. The van der Waals surface area contributed by atoms with Crippen molar-refractivity contribution in [2.75, 3.05) is 25.5 Å². The first-order valence-corrected chi connectivity index (χ1v) is 8.55. The van der Waals surface area contributed by atoms with Crippen molar-refractivity contribution in [3.8, 4) is 0 Å². The highest BCUT2D eigenvalue weighted by Gasteiger charge is 2.23. The Hall–Kier alpha value is -2.30. The van der Waals surface area contributed by atoms with E-state index in [0.717, 1.165) is 29.7 Å². The Bertz CT molecular complexity index is 632. The van der Waals surface area contributed by atoms with E-state index in [9.17, 15) is 9.59 Å². The van der Waals surface area contributed by atoms with Gasteiger partial charge in [0.05, 0.1) is 0 Å². The maximum atomic E-state index is 12.6. The van der Waals surface area contributed by atoms with Crippen LogP contribution in [0.2, 0.25) is 0 Å². The van der Waals surface area contributed by atoms with Crippen LogP contribution in [0.3, 0.4) is 0 Å². The van der Waals surface area contributed by atoms with E-state index in [4.69, 9.17) is 4.74 Å². The maximum Gasteiger partial charge on any atom is 0.410 e. The highest BCUT2D eigenvalue weighted by atomic mass is 16.6. The molecule has 1 aromatic rings. The third kappa shape index (κ3) is 5.93. The summed E-state index contributed by atoms with van der Waals surface area (Å²) in [6.07, 6.45) is 3.12. The van der Waals surface area contributed by atoms with Crippen molar-refractivity contribution < 1.29 is 14.3 Å². The Balaban J connectivity index is 2.93. The Kier molecular flexibility index (Phi) is 7.22. The van der Waals surface area contributed by atoms with Crippen molar-refractivity contribution in [2.45, 2.75) is 46.1 Å². The van der Waals surface area contributed by atoms with Gasteiger partial charge in [0.1, 0.15) is 12.1 Å². The van der Waals surface area contributed by atoms with Crippen LogP contribution in [0.5, 0.6) is 0 Å². The number of amides is 2. The summed E-state index contributed by atoms with van der Waals surface area (Å²) in [6, 6.07) is 5.82. The Morgan fingerprint density at radius 1 is 1.24 bits per heavy atom. The van der Waals surface area contributed by atoms with E-state index in [2.05, 4.69) is 13.5 Å². The average Bonchev–Trinajstić information content (AvgIpc) is 2.52. The second-order valence-electron chi connectivity index (χ2n) is 7.09. The fraction of sp³-hybridized carbons (Fsp3) is 0.500. The lowest BCUT2D eigenvalue weighted by atomic mass is 10.00. The van der Waals surface area contributed by atoms with Crippen molar-refractivity contribution in [3.05, 3.63) is 35.9 Å². The van der Waals surface area contributed by atoms with Gasteiger partial charge >= 0.3 is 6.09 Å². The largest absolute Gasteiger partial charge is 0.444 e. The van der Waals surface area contributed by atoms with Crippen molar-refractivity contribution in [1.82, 2.24) is 4.90 Å². The third-order valence-corrected chi connectivity index (χ3v) is 3.72. The molecule has 0 aliphatic rings. The molecule has 0 saturated carbocycles. The smallest absolute Gasteiger partial charge is 0.410 e. The van der Waals surface area contributed by atoms with Gasteiger partial charge in [-0.15, -0.1) is 0 Å². The SMILES string of the molecule is C=Cc1cccc(N(C)C(=O)CN(C)C(=O)OC(C)(C)C)c1CCC. The molecule has 0 unspecified atom stereocenters. The summed E-state index contributed by atoms with van der Waals surface area (Å²) in [5.41, 5.74) is 2.38. The average molecular weight is 346 g/mol. The number of carbonyl (C=O) groups is 2. The van der Waals surface area contributed by atoms with E-state index in [0.29, 0.717) is 0 Å². The first-order chi connectivity index (χ1) is 11.6. The number of hydrogen-bond acceptors (Lipinski definition) is 3. The lowest BCUT2D eigenvalue weighted by molar-refractivity contribution is -0.119. The van der Waals surface area contributed by atoms with Crippen LogP contribution < -0.4 is 4.90 Å². The van der Waals surface area contributed by atoms with Crippen LogP contribution in [0, 0.1) is 0 Å². The van der Waals surface area contributed by atoms with Crippen LogP contribution in [0.15, 0.2) is 24.8 Å². The van der Waals surface area contributed by atoms with Gasteiger partial charge < -0.3 is 14.5 Å². The van der Waals surface area contributed by atoms with Gasteiger partial charge in [0, 0.05) is 19.8 Å². The van der Waals surface area contributed by atoms with E-state index in [1.54, 1.807) is 45.8 Å². The molecular weight excluding hydrogens is 316 g/mol. The zero-order valence-electron chi connectivity index (χ0n) is 16.3. The number of nitrogens with zero attached hydrogens (tertiary/aromatic N) is 2. The van der Waals surface area contributed by atoms with Crippen LogP contribution in [0.1, 0.15) is 45.2 Å². The fourth-order valence-electron chi connectivity index (χ4n) is 2.47. The first kappa shape index (κ1) is 20.7. The summed E-state index contributed by atoms with van der Waals surface area (Å²) in [5, 5.41) is 0. The molecule has 0 N–H and O–H groups in total. The molecule has 0 atom stereocenters. The number of hydrogen-bond donors (Lipinski definition) is 0. The Morgan fingerprint density at radius 3 is 2.40 bits per heavy atom. The summed E-state index contributed by atoms with van der Waals surface area (Å²) in [4.78, 5) is 27.6. The molecule has 0 bridgehead atoms. The van der Waals surface area contributed by atoms with E-state index in [1.165, 1.54) is 4.90 Å². The predicted octanol–water partition coefficient (Wildman–Crippen LogP) is 4.11. The van der Waals surface area contributed by atoms with Gasteiger partial charge in [-0.2, -0.15) is 0 Å². The molecule has 5 nitrogen and oxygen atoms in total. The Morgan fingerprint density at radius 2 is 1.88 bits per heavy atom. The quantitative estimate of drug-likeness (QED) is 0.779. The summed E-state index contributed by atoms with van der Waals surface area (Å²) in [7, 11) is 3.29. The molecule has 0 spiro atoms. The normalized spacial score (nSPS) is 11.0. The number of likely N-dealkylation sites (N-methyl/N-ethyl adjacent to an activating group) is 2. The van der Waals surface area contributed by atoms with Gasteiger partial charge in [-0.25, -0.2) is 4.79 Å². The first-order valence-electron chi connectivity index (χ1n) is 8.55. The molecule has 2 amide bonds. The molecule has 0 aromatic heterocycles. The number of ether oxygens (including phenoxy) is 1. The van der Waals surface area contributed by atoms with Gasteiger partial charge in [0.15, 0.2) is 0 Å². The van der Waals surface area contributed by atoms with Crippen LogP contribution >= 0.6 is 0 Å². The molecule has 0 radical (unpaired) electrons. The zero-order valence-corrected chi connectivity index (χ0v) is 16.3. The fourth-order valence-corrected chi connectivity index (χ4v) is 2.47. The molecule has 138 valence electrons. The van der Waals surface area contributed by atoms with Crippen molar-refractivity contribution in [3.63, 3.8) is 0 Å². The second-order valence-corrected chi connectivity index (χ2v) is 7.09. The molecule has 5 heteroatoms. The van der Waals surface area contributed by atoms with E-state index >= 15 is 0 Å². The van der Waals surface area contributed by atoms with Crippen LogP contribution in [-0.4, -0.2) is 43.1 Å². The highest BCUT2D eigenvalue weighted by Crippen LogP contribution is 2.26. The number of rotatable bonds is 6. The van der Waals surface area contributed by atoms with Crippen LogP contribution in [-0.2, 0) is 16.0 Å². The second kappa shape index (κ2) is 8.70. The van der Waals surface area contributed by atoms with Crippen LogP contribution in [0.25, 0.3) is 6.08 Å². The number of benzene rings is 1. The zero-order chi connectivity index (χ0) is 19.2. The van der Waals surface area contributed by atoms with Crippen LogP contribution in [0.4, 0.5) is 10.5 Å². The van der Waals surface area contributed by atoms with Gasteiger partial charge in [-0.05, 0) is 44.4 Å². The minimum absolute atomic E-state index is 0.0463. The lowest BCUT2D eigenvalue weighted by Gasteiger charge is -2.27. The number of anilines is 1. The van der Waals surface area contributed by atoms with E-state index < -0.39 is 11.7 Å². The molecule has 1 aromatic carbocycles. The van der Waals surface area contributed by atoms with Gasteiger partial charge in [-0.1, -0.05) is 38.1 Å². The minimum atomic E-state index is -0.590. The summed E-state index contributed by atoms with van der Waals surface area (Å²) >= 11 is 0. The third-order valence-electron chi connectivity index (χ3n) is 3.72. The van der Waals surface area contributed by atoms with Gasteiger partial charge in [0.2, 0.25) is 5.91 Å². The van der Waals surface area contributed by atoms with E-state index in [1.807, 2.05) is 18.2 Å². The summed E-state index contributed by atoms with van der Waals surface area (Å²) in [6.45, 7) is 11.3. The lowest BCUT2D eigenvalue weighted by Crippen LogP contribution is -2.42. The molecule has 0 aliphatic carbocycles. The molecule has 0 saturated heterocycles. The standard InChI is InChI=1S/C20H30N2O3/c1-8-11-16-15(9-2)12-10-13-17(16)22(7)18(23)14-21(6)19(24)25-20(3,4)5/h9-10,12-13H,2,8,11,14H2,1,3-7H3. The highest BCUT2D eigenvalue weighted by molar-refractivity contribution is 5.96. The molecule has 1 rings (SSSR count). The maximum absolute atomic E-state index is 12.6. The molecule has 0 heterocycles. The Labute approximate surface area is 151 Å². The van der Waals surface area contributed by atoms with Crippen molar-refractivity contribution >= 4 is 23.8 Å². The predicted molar refractivity (Wildman–Crippen MR) is 103 cm³/mol. The van der Waals surface area contributed by atoms with E-state index in [-0.39, 0.29) is 12.5 Å². The molecule has 0 fully saturated rings. The minimum Gasteiger partial charge on any atom is -0.444 e. The summed E-state index contributed by atoms with van der Waals surface area (Å²) in [5.74, 6) is -0.174. The van der Waals surface area contributed by atoms with Gasteiger partial charge in [0.25, 0.3) is 0 Å². The van der Waals surface area contributed by atoms with Crippen molar-refractivity contribution in [2.24, 2.45) is 0 Å². The number of carbonyl (C=O) groups excluding carboxylic acids is 2. The van der Waals surface area contributed by atoms with Crippen molar-refractivity contribution in [1.29, 1.82) is 0 Å². The van der Waals surface area contributed by atoms with Gasteiger partial charge in [-0.3, -0.25) is 4.79 Å². The molecule has 0 aliphatic heterocycles. The monoisotopic (exact) mass is 346 g/mol. The molecule has 25 heavy (non-hydrogen) atoms. The topological polar surface area (TPSA) is 49.9 Å².